The van der Waals surface area contributed by atoms with Crippen molar-refractivity contribution < 1.29 is 8.91 Å². The second-order valence-electron chi connectivity index (χ2n) is 3.01. The molecule has 0 fully saturated rings. The molecule has 1 heterocycles. The summed E-state index contributed by atoms with van der Waals surface area (Å²) in [5.74, 6) is -0.332. The van der Waals surface area contributed by atoms with E-state index in [4.69, 9.17) is 4.52 Å². The molecule has 0 amide bonds. The third-order valence-corrected chi connectivity index (χ3v) is 2.07. The summed E-state index contributed by atoms with van der Waals surface area (Å²) in [5.41, 5.74) is 2.14. The normalized spacial score (nSPS) is 11.7. The van der Waals surface area contributed by atoms with E-state index in [2.05, 4.69) is 12.1 Å². The molecule has 3 heteroatoms. The molecule has 1 aromatic carbocycles. The molecule has 15 heavy (non-hydrogen) atoms. The van der Waals surface area contributed by atoms with Crippen LogP contribution in [0.1, 0.15) is 5.56 Å². The predicted molar refractivity (Wildman–Crippen MR) is 56.4 cm³/mol. The van der Waals surface area contributed by atoms with E-state index in [9.17, 15) is 4.39 Å². The number of rotatable bonds is 2. The SMILES string of the molecule is [CH2]/C=C(\F)c1ccc(-c2ccon2)cc1. The van der Waals surface area contributed by atoms with Crippen LogP contribution in [0.25, 0.3) is 17.1 Å². The Hall–Kier alpha value is -1.90. The molecule has 0 aliphatic carbocycles. The van der Waals surface area contributed by atoms with Crippen LogP contribution < -0.4 is 0 Å². The Morgan fingerprint density at radius 3 is 2.53 bits per heavy atom. The first kappa shape index (κ1) is 9.65. The highest BCUT2D eigenvalue weighted by Gasteiger charge is 2.02. The topological polar surface area (TPSA) is 26.0 Å². The first-order valence-corrected chi connectivity index (χ1v) is 4.47. The van der Waals surface area contributed by atoms with E-state index < -0.39 is 0 Å². The molecule has 0 atom stereocenters. The van der Waals surface area contributed by atoms with Crippen LogP contribution >= 0.6 is 0 Å². The minimum absolute atomic E-state index is 0.332. The van der Waals surface area contributed by atoms with Crippen LogP contribution in [0.15, 0.2) is 47.2 Å². The van der Waals surface area contributed by atoms with Crippen molar-refractivity contribution in [2.75, 3.05) is 0 Å². The van der Waals surface area contributed by atoms with Crippen molar-refractivity contribution in [3.8, 4) is 11.3 Å². The minimum atomic E-state index is -0.332. The molecule has 0 aliphatic rings. The zero-order chi connectivity index (χ0) is 10.7. The van der Waals surface area contributed by atoms with Crippen LogP contribution in [0.5, 0.6) is 0 Å². The number of aromatic nitrogens is 1. The van der Waals surface area contributed by atoms with E-state index in [1.807, 2.05) is 0 Å². The van der Waals surface area contributed by atoms with Crippen LogP contribution in [0.4, 0.5) is 4.39 Å². The fourth-order valence-corrected chi connectivity index (χ4v) is 1.28. The lowest BCUT2D eigenvalue weighted by molar-refractivity contribution is 0.422. The Morgan fingerprint density at radius 1 is 1.27 bits per heavy atom. The van der Waals surface area contributed by atoms with Crippen molar-refractivity contribution in [1.29, 1.82) is 0 Å². The lowest BCUT2D eigenvalue weighted by atomic mass is 10.1. The zero-order valence-electron chi connectivity index (χ0n) is 7.98. The van der Waals surface area contributed by atoms with Gasteiger partial charge in [-0.1, -0.05) is 29.4 Å². The average molecular weight is 202 g/mol. The molecule has 0 spiro atoms. The number of allylic oxidation sites excluding steroid dienone is 1. The van der Waals surface area contributed by atoms with Crippen LogP contribution in [0.2, 0.25) is 0 Å². The monoisotopic (exact) mass is 202 g/mol. The second-order valence-corrected chi connectivity index (χ2v) is 3.01. The number of hydrogen-bond donors (Lipinski definition) is 0. The molecule has 0 saturated carbocycles. The summed E-state index contributed by atoms with van der Waals surface area (Å²) in [6.07, 6.45) is 2.69. The van der Waals surface area contributed by atoms with E-state index >= 15 is 0 Å². The molecule has 1 aromatic heterocycles. The maximum Gasteiger partial charge on any atom is 0.126 e. The van der Waals surface area contributed by atoms with E-state index in [1.54, 1.807) is 30.3 Å². The van der Waals surface area contributed by atoms with Crippen molar-refractivity contribution in [1.82, 2.24) is 5.16 Å². The largest absolute Gasteiger partial charge is 0.364 e. The van der Waals surface area contributed by atoms with Crippen LogP contribution in [0.3, 0.4) is 0 Å². The van der Waals surface area contributed by atoms with Crippen molar-refractivity contribution in [2.24, 2.45) is 0 Å². The van der Waals surface area contributed by atoms with Gasteiger partial charge in [-0.05, 0) is 13.0 Å². The molecular formula is C12H9FNO. The lowest BCUT2D eigenvalue weighted by Crippen LogP contribution is -1.80. The Morgan fingerprint density at radius 2 is 2.00 bits per heavy atom. The van der Waals surface area contributed by atoms with Gasteiger partial charge in [-0.3, -0.25) is 0 Å². The number of benzene rings is 1. The Kier molecular flexibility index (Phi) is 2.63. The van der Waals surface area contributed by atoms with Gasteiger partial charge in [-0.15, -0.1) is 0 Å². The molecule has 75 valence electrons. The van der Waals surface area contributed by atoms with Gasteiger partial charge in [0.2, 0.25) is 0 Å². The van der Waals surface area contributed by atoms with E-state index in [0.717, 1.165) is 11.3 Å². The summed E-state index contributed by atoms with van der Waals surface area (Å²) < 4.78 is 17.8. The first-order chi connectivity index (χ1) is 7.31. The highest BCUT2D eigenvalue weighted by atomic mass is 19.1. The summed E-state index contributed by atoms with van der Waals surface area (Å²) in [6.45, 7) is 3.37. The van der Waals surface area contributed by atoms with Gasteiger partial charge in [0.1, 0.15) is 17.8 Å². The summed E-state index contributed by atoms with van der Waals surface area (Å²) in [6, 6.07) is 8.69. The second kappa shape index (κ2) is 4.09. The maximum atomic E-state index is 13.1. The number of hydrogen-bond acceptors (Lipinski definition) is 2. The van der Waals surface area contributed by atoms with Gasteiger partial charge >= 0.3 is 0 Å². The van der Waals surface area contributed by atoms with Crippen LogP contribution in [-0.4, -0.2) is 5.16 Å². The van der Waals surface area contributed by atoms with Crippen molar-refractivity contribution in [3.63, 3.8) is 0 Å². The molecule has 0 saturated heterocycles. The third-order valence-electron chi connectivity index (χ3n) is 2.07. The molecule has 0 bridgehead atoms. The van der Waals surface area contributed by atoms with E-state index in [1.165, 1.54) is 12.3 Å². The zero-order valence-corrected chi connectivity index (χ0v) is 7.98. The number of halogens is 1. The minimum Gasteiger partial charge on any atom is -0.364 e. The van der Waals surface area contributed by atoms with Crippen LogP contribution in [-0.2, 0) is 0 Å². The smallest absolute Gasteiger partial charge is 0.126 e. The van der Waals surface area contributed by atoms with Gasteiger partial charge in [0, 0.05) is 17.2 Å². The van der Waals surface area contributed by atoms with Gasteiger partial charge in [0.15, 0.2) is 0 Å². The molecule has 2 nitrogen and oxygen atoms in total. The highest BCUT2D eigenvalue weighted by Crippen LogP contribution is 2.21. The van der Waals surface area contributed by atoms with Gasteiger partial charge in [0.25, 0.3) is 0 Å². The van der Waals surface area contributed by atoms with Crippen molar-refractivity contribution in [3.05, 3.63) is 55.2 Å². The fraction of sp³-hybridized carbons (Fsp3) is 0. The first-order valence-electron chi connectivity index (χ1n) is 4.47. The summed E-state index contributed by atoms with van der Waals surface area (Å²) in [5, 5.41) is 3.79. The standard InChI is InChI=1S/C12H9FNO/c1-2-11(13)9-3-5-10(6-4-9)12-7-8-15-14-12/h2-8H,1H2/b11-2-. The molecule has 2 rings (SSSR count). The third kappa shape index (κ3) is 1.96. The quantitative estimate of drug-likeness (QED) is 0.745. The predicted octanol–water partition coefficient (Wildman–Crippen LogP) is 3.49. The van der Waals surface area contributed by atoms with Crippen LogP contribution in [0, 0.1) is 6.92 Å². The number of nitrogens with zero attached hydrogens (tertiary/aromatic N) is 1. The van der Waals surface area contributed by atoms with E-state index in [-0.39, 0.29) is 5.83 Å². The van der Waals surface area contributed by atoms with Gasteiger partial charge in [0.05, 0.1) is 0 Å². The Labute approximate surface area is 87.0 Å². The molecule has 0 unspecified atom stereocenters. The van der Waals surface area contributed by atoms with Crippen molar-refractivity contribution >= 4 is 5.83 Å². The molecule has 0 N–H and O–H groups in total. The summed E-state index contributed by atoms with van der Waals surface area (Å²) >= 11 is 0. The van der Waals surface area contributed by atoms with Gasteiger partial charge < -0.3 is 4.52 Å². The van der Waals surface area contributed by atoms with Crippen molar-refractivity contribution in [2.45, 2.75) is 0 Å². The molecule has 1 radical (unpaired) electrons. The van der Waals surface area contributed by atoms with Gasteiger partial charge in [-0.2, -0.15) is 0 Å². The summed E-state index contributed by atoms with van der Waals surface area (Å²) in [7, 11) is 0. The van der Waals surface area contributed by atoms with E-state index in [0.29, 0.717) is 5.56 Å². The highest BCUT2D eigenvalue weighted by molar-refractivity contribution is 5.65. The maximum absolute atomic E-state index is 13.1. The van der Waals surface area contributed by atoms with Gasteiger partial charge in [-0.25, -0.2) is 4.39 Å². The molecular weight excluding hydrogens is 193 g/mol. The molecule has 0 aliphatic heterocycles. The molecule has 2 aromatic rings. The average Bonchev–Trinajstić information content (AvgIpc) is 2.82. The lowest BCUT2D eigenvalue weighted by Gasteiger charge is -1.98. The fourth-order valence-electron chi connectivity index (χ4n) is 1.28. The Bertz CT molecular complexity index is 457. The summed E-state index contributed by atoms with van der Waals surface area (Å²) in [4.78, 5) is 0. The Balaban J connectivity index is 2.33.